The summed E-state index contributed by atoms with van der Waals surface area (Å²) in [5.74, 6) is 1.64. The van der Waals surface area contributed by atoms with E-state index < -0.39 is 0 Å². The summed E-state index contributed by atoms with van der Waals surface area (Å²) in [4.78, 5) is 0. The highest BCUT2D eigenvalue weighted by Gasteiger charge is 2.17. The molecule has 0 radical (unpaired) electrons. The van der Waals surface area contributed by atoms with Gasteiger partial charge in [-0.25, -0.2) is 0 Å². The first-order valence-corrected chi connectivity index (χ1v) is 8.76. The molecule has 1 fully saturated rings. The number of halogens is 2. The van der Waals surface area contributed by atoms with Gasteiger partial charge in [-0.2, -0.15) is 0 Å². The molecule has 1 saturated carbocycles. The highest BCUT2D eigenvalue weighted by Crippen LogP contribution is 2.33. The lowest BCUT2D eigenvalue weighted by atomic mass is 9.84. The topological polar surface area (TPSA) is 9.23 Å². The van der Waals surface area contributed by atoms with Crippen molar-refractivity contribution in [2.24, 2.45) is 5.92 Å². The van der Waals surface area contributed by atoms with Crippen LogP contribution in [0.5, 0.6) is 5.75 Å². The summed E-state index contributed by atoms with van der Waals surface area (Å²) in [5, 5.41) is 0.974. The Morgan fingerprint density at radius 2 is 2.05 bits per heavy atom. The number of hydrogen-bond acceptors (Lipinski definition) is 1. The van der Waals surface area contributed by atoms with Crippen LogP contribution in [0.4, 0.5) is 0 Å². The summed E-state index contributed by atoms with van der Waals surface area (Å²) in [6, 6.07) is 6.27. The first kappa shape index (κ1) is 15.1. The molecule has 0 bridgehead atoms. The minimum Gasteiger partial charge on any atom is -0.496 e. The Bertz CT molecular complexity index is 448. The first-order chi connectivity index (χ1) is 9.24. The molecule has 1 aromatic carbocycles. The summed E-state index contributed by atoms with van der Waals surface area (Å²) >= 11 is 7.20. The lowest BCUT2D eigenvalue weighted by Crippen LogP contribution is -2.10. The number of rotatable bonds is 4. The number of methoxy groups -OCH3 is 1. The number of ether oxygens (including phenoxy) is 1. The zero-order valence-electron chi connectivity index (χ0n) is 11.3. The van der Waals surface area contributed by atoms with Crippen LogP contribution in [0.3, 0.4) is 0 Å². The van der Waals surface area contributed by atoms with E-state index >= 15 is 0 Å². The van der Waals surface area contributed by atoms with Gasteiger partial charge in [0.05, 0.1) is 11.6 Å². The SMILES string of the molecule is COc1ccc(C=C(CBr)C2CCCCC2)cc1Br. The Morgan fingerprint density at radius 1 is 1.32 bits per heavy atom. The molecule has 2 rings (SSSR count). The third kappa shape index (κ3) is 4.09. The van der Waals surface area contributed by atoms with Crippen molar-refractivity contribution < 1.29 is 4.74 Å². The molecule has 0 heterocycles. The van der Waals surface area contributed by atoms with Crippen LogP contribution in [0.1, 0.15) is 37.7 Å². The summed E-state index contributed by atoms with van der Waals surface area (Å²) in [6.45, 7) is 0. The van der Waals surface area contributed by atoms with Crippen LogP contribution in [0.25, 0.3) is 6.08 Å². The van der Waals surface area contributed by atoms with Gasteiger partial charge in [0.15, 0.2) is 0 Å². The average molecular weight is 388 g/mol. The van der Waals surface area contributed by atoms with E-state index in [1.807, 2.05) is 6.07 Å². The summed E-state index contributed by atoms with van der Waals surface area (Å²) in [5.41, 5.74) is 2.77. The second-order valence-electron chi connectivity index (χ2n) is 5.08. The van der Waals surface area contributed by atoms with Gasteiger partial charge in [-0.05, 0) is 52.4 Å². The number of alkyl halides is 1. The predicted molar refractivity (Wildman–Crippen MR) is 89.0 cm³/mol. The molecule has 0 saturated heterocycles. The van der Waals surface area contributed by atoms with Gasteiger partial charge >= 0.3 is 0 Å². The largest absolute Gasteiger partial charge is 0.496 e. The molecule has 0 unspecified atom stereocenters. The van der Waals surface area contributed by atoms with Crippen LogP contribution in [0, 0.1) is 5.92 Å². The molecule has 1 aromatic rings. The van der Waals surface area contributed by atoms with E-state index in [0.29, 0.717) is 0 Å². The fourth-order valence-corrected chi connectivity index (χ4v) is 3.90. The molecular weight excluding hydrogens is 368 g/mol. The zero-order valence-corrected chi connectivity index (χ0v) is 14.5. The minimum absolute atomic E-state index is 0.758. The molecule has 104 valence electrons. The molecule has 19 heavy (non-hydrogen) atoms. The van der Waals surface area contributed by atoms with Crippen molar-refractivity contribution in [2.75, 3.05) is 12.4 Å². The van der Waals surface area contributed by atoms with Gasteiger partial charge in [0.25, 0.3) is 0 Å². The molecular formula is C16H20Br2O. The molecule has 1 aliphatic rings. The van der Waals surface area contributed by atoms with Gasteiger partial charge in [-0.1, -0.05) is 52.9 Å². The standard InChI is InChI=1S/C16H20Br2O/c1-19-16-8-7-12(10-15(16)18)9-14(11-17)13-5-3-2-4-6-13/h7-10,13H,2-6,11H2,1H3. The van der Waals surface area contributed by atoms with Crippen LogP contribution in [0.15, 0.2) is 28.2 Å². The normalized spacial score (nSPS) is 17.5. The molecule has 0 amide bonds. The number of benzene rings is 1. The van der Waals surface area contributed by atoms with Crippen molar-refractivity contribution in [1.82, 2.24) is 0 Å². The van der Waals surface area contributed by atoms with Gasteiger partial charge < -0.3 is 4.74 Å². The van der Waals surface area contributed by atoms with Crippen molar-refractivity contribution in [1.29, 1.82) is 0 Å². The zero-order chi connectivity index (χ0) is 13.7. The Balaban J connectivity index is 2.19. The smallest absolute Gasteiger partial charge is 0.133 e. The highest BCUT2D eigenvalue weighted by molar-refractivity contribution is 9.10. The first-order valence-electron chi connectivity index (χ1n) is 6.84. The molecule has 0 aliphatic heterocycles. The van der Waals surface area contributed by atoms with Crippen molar-refractivity contribution in [3.63, 3.8) is 0 Å². The third-order valence-electron chi connectivity index (χ3n) is 3.81. The van der Waals surface area contributed by atoms with Gasteiger partial charge in [0, 0.05) is 5.33 Å². The van der Waals surface area contributed by atoms with E-state index in [1.165, 1.54) is 43.2 Å². The van der Waals surface area contributed by atoms with Crippen molar-refractivity contribution in [3.8, 4) is 5.75 Å². The molecule has 0 spiro atoms. The summed E-state index contributed by atoms with van der Waals surface area (Å²) in [6.07, 6.45) is 9.17. The van der Waals surface area contributed by atoms with E-state index in [4.69, 9.17) is 4.74 Å². The van der Waals surface area contributed by atoms with Gasteiger partial charge in [-0.3, -0.25) is 0 Å². The number of allylic oxidation sites excluding steroid dienone is 1. The van der Waals surface area contributed by atoms with E-state index in [0.717, 1.165) is 21.5 Å². The monoisotopic (exact) mass is 386 g/mol. The summed E-state index contributed by atoms with van der Waals surface area (Å²) < 4.78 is 6.29. The van der Waals surface area contributed by atoms with Crippen LogP contribution in [-0.2, 0) is 0 Å². The maximum absolute atomic E-state index is 5.27. The van der Waals surface area contributed by atoms with Crippen molar-refractivity contribution in [2.45, 2.75) is 32.1 Å². The van der Waals surface area contributed by atoms with Crippen molar-refractivity contribution >= 4 is 37.9 Å². The molecule has 0 N–H and O–H groups in total. The fourth-order valence-electron chi connectivity index (χ4n) is 2.73. The average Bonchev–Trinajstić information content (AvgIpc) is 2.46. The van der Waals surface area contributed by atoms with Gasteiger partial charge in [-0.15, -0.1) is 0 Å². The third-order valence-corrected chi connectivity index (χ3v) is 5.08. The van der Waals surface area contributed by atoms with E-state index in [1.54, 1.807) is 7.11 Å². The predicted octanol–water partition coefficient (Wildman–Crippen LogP) is 5.82. The highest BCUT2D eigenvalue weighted by atomic mass is 79.9. The van der Waals surface area contributed by atoms with E-state index in [2.05, 4.69) is 50.1 Å². The molecule has 0 atom stereocenters. The quantitative estimate of drug-likeness (QED) is 0.591. The minimum atomic E-state index is 0.758. The Hall–Kier alpha value is -0.280. The Morgan fingerprint density at radius 3 is 2.63 bits per heavy atom. The Labute approximate surface area is 132 Å². The molecule has 1 aliphatic carbocycles. The maximum Gasteiger partial charge on any atom is 0.133 e. The van der Waals surface area contributed by atoms with E-state index in [9.17, 15) is 0 Å². The van der Waals surface area contributed by atoms with E-state index in [-0.39, 0.29) is 0 Å². The molecule has 1 nitrogen and oxygen atoms in total. The summed E-state index contributed by atoms with van der Waals surface area (Å²) in [7, 11) is 1.70. The van der Waals surface area contributed by atoms with Gasteiger partial charge in [0.2, 0.25) is 0 Å². The second kappa shape index (κ2) is 7.49. The molecule has 0 aromatic heterocycles. The van der Waals surface area contributed by atoms with Crippen LogP contribution in [0.2, 0.25) is 0 Å². The second-order valence-corrected chi connectivity index (χ2v) is 6.50. The van der Waals surface area contributed by atoms with Crippen LogP contribution < -0.4 is 4.74 Å². The lowest BCUT2D eigenvalue weighted by molar-refractivity contribution is 0.405. The Kier molecular flexibility index (Phi) is 5.96. The maximum atomic E-state index is 5.27. The number of hydrogen-bond donors (Lipinski definition) is 0. The van der Waals surface area contributed by atoms with Crippen molar-refractivity contribution in [3.05, 3.63) is 33.8 Å². The van der Waals surface area contributed by atoms with Crippen LogP contribution in [-0.4, -0.2) is 12.4 Å². The molecule has 3 heteroatoms. The van der Waals surface area contributed by atoms with Gasteiger partial charge in [0.1, 0.15) is 5.75 Å². The van der Waals surface area contributed by atoms with Crippen LogP contribution >= 0.6 is 31.9 Å². The lowest BCUT2D eigenvalue weighted by Gasteiger charge is -2.23. The fraction of sp³-hybridized carbons (Fsp3) is 0.500.